The van der Waals surface area contributed by atoms with E-state index in [0.29, 0.717) is 18.2 Å². The van der Waals surface area contributed by atoms with E-state index in [-0.39, 0.29) is 5.92 Å². The van der Waals surface area contributed by atoms with Crippen LogP contribution >= 0.6 is 11.3 Å². The van der Waals surface area contributed by atoms with E-state index < -0.39 is 0 Å². The summed E-state index contributed by atoms with van der Waals surface area (Å²) in [6.45, 7) is 1.96. The maximum atomic E-state index is 12.0. The molecule has 2 atom stereocenters. The second-order valence-electron chi connectivity index (χ2n) is 6.63. The summed E-state index contributed by atoms with van der Waals surface area (Å²) in [5.41, 5.74) is 2.86. The molecule has 0 radical (unpaired) electrons. The fourth-order valence-corrected chi connectivity index (χ4v) is 4.44. The number of hydrogen-bond acceptors (Lipinski definition) is 5. The quantitative estimate of drug-likeness (QED) is 0.737. The molecule has 3 aromatic rings. The first-order valence-electron chi connectivity index (χ1n) is 8.92. The van der Waals surface area contributed by atoms with Gasteiger partial charge in [-0.25, -0.2) is 9.97 Å². The van der Waals surface area contributed by atoms with E-state index in [1.807, 2.05) is 37.5 Å². The molecule has 2 unspecified atom stereocenters. The molecular formula is C19H22N4OS. The number of anilines is 1. The van der Waals surface area contributed by atoms with Crippen molar-refractivity contribution in [2.24, 2.45) is 5.92 Å². The van der Waals surface area contributed by atoms with E-state index in [4.69, 9.17) is 4.98 Å². The van der Waals surface area contributed by atoms with Crippen LogP contribution in [0.4, 0.5) is 5.13 Å². The number of ketones is 1. The highest BCUT2D eigenvalue weighted by Crippen LogP contribution is 2.31. The first-order valence-corrected chi connectivity index (χ1v) is 9.80. The van der Waals surface area contributed by atoms with E-state index in [0.717, 1.165) is 47.8 Å². The van der Waals surface area contributed by atoms with Gasteiger partial charge in [0.25, 0.3) is 0 Å². The minimum absolute atomic E-state index is 0.217. The van der Waals surface area contributed by atoms with Gasteiger partial charge in [0.05, 0.1) is 11.9 Å². The molecule has 130 valence electrons. The maximum Gasteiger partial charge on any atom is 0.183 e. The lowest BCUT2D eigenvalue weighted by molar-refractivity contribution is -0.123. The maximum absolute atomic E-state index is 12.0. The Morgan fingerprint density at radius 3 is 3.20 bits per heavy atom. The summed E-state index contributed by atoms with van der Waals surface area (Å²) < 4.78 is 2.05. The summed E-state index contributed by atoms with van der Waals surface area (Å²) >= 11 is 1.62. The molecule has 0 amide bonds. The van der Waals surface area contributed by atoms with Gasteiger partial charge < -0.3 is 5.32 Å². The van der Waals surface area contributed by atoms with Gasteiger partial charge in [-0.05, 0) is 31.4 Å². The monoisotopic (exact) mass is 354 g/mol. The molecule has 1 N–H and O–H groups in total. The largest absolute Gasteiger partial charge is 0.359 e. The van der Waals surface area contributed by atoms with Crippen molar-refractivity contribution < 1.29 is 4.79 Å². The summed E-state index contributed by atoms with van der Waals surface area (Å²) in [6.07, 6.45) is 8.70. The van der Waals surface area contributed by atoms with Crippen molar-refractivity contribution in [3.8, 4) is 11.4 Å². The number of hydrogen-bond donors (Lipinski definition) is 1. The van der Waals surface area contributed by atoms with Crippen molar-refractivity contribution in [2.75, 3.05) is 5.32 Å². The third-order valence-corrected chi connectivity index (χ3v) is 5.76. The zero-order valence-electron chi connectivity index (χ0n) is 14.3. The number of aromatic nitrogens is 3. The number of imidazole rings is 1. The van der Waals surface area contributed by atoms with E-state index in [1.54, 1.807) is 11.3 Å². The summed E-state index contributed by atoms with van der Waals surface area (Å²) in [7, 11) is 0. The van der Waals surface area contributed by atoms with Gasteiger partial charge in [0, 0.05) is 30.0 Å². The molecule has 25 heavy (non-hydrogen) atoms. The fourth-order valence-electron chi connectivity index (χ4n) is 3.66. The number of Topliss-reactive ketones (excluding diaryl/α,β-unsaturated/α-hetero) is 1. The zero-order valence-corrected chi connectivity index (χ0v) is 15.1. The van der Waals surface area contributed by atoms with Crippen LogP contribution in [0.2, 0.25) is 0 Å². The van der Waals surface area contributed by atoms with Crippen molar-refractivity contribution in [3.05, 3.63) is 36.0 Å². The van der Waals surface area contributed by atoms with Gasteiger partial charge in [-0.1, -0.05) is 19.4 Å². The number of pyridine rings is 1. The molecule has 0 aromatic carbocycles. The standard InChI is InChI=1S/C19H22N4OS/c1-2-17(24)13-6-5-7-14(10-13)21-19-22-15(12-25-19)16-11-20-18-8-3-4-9-23(16)18/h3-4,8-9,11-14H,2,5-7,10H2,1H3,(H,21,22). The highest BCUT2D eigenvalue weighted by molar-refractivity contribution is 7.14. The second kappa shape index (κ2) is 6.96. The molecule has 1 aliphatic carbocycles. The number of thiazole rings is 1. The molecule has 1 saturated carbocycles. The predicted molar refractivity (Wildman–Crippen MR) is 101 cm³/mol. The van der Waals surface area contributed by atoms with Crippen LogP contribution in [0.1, 0.15) is 39.0 Å². The highest BCUT2D eigenvalue weighted by Gasteiger charge is 2.26. The molecule has 1 fully saturated rings. The molecule has 0 aliphatic heterocycles. The molecule has 3 heterocycles. The van der Waals surface area contributed by atoms with Crippen LogP contribution in [0.5, 0.6) is 0 Å². The number of nitrogens with zero attached hydrogens (tertiary/aromatic N) is 3. The van der Waals surface area contributed by atoms with Crippen molar-refractivity contribution >= 4 is 27.9 Å². The number of nitrogens with one attached hydrogen (secondary N) is 1. The van der Waals surface area contributed by atoms with Gasteiger partial charge >= 0.3 is 0 Å². The Morgan fingerprint density at radius 2 is 2.32 bits per heavy atom. The molecule has 3 aromatic heterocycles. The average molecular weight is 354 g/mol. The first kappa shape index (κ1) is 16.3. The lowest BCUT2D eigenvalue weighted by atomic mass is 9.82. The Bertz CT molecular complexity index is 884. The Balaban J connectivity index is 1.49. The SMILES string of the molecule is CCC(=O)C1CCCC(Nc2nc(-c3cnc4ccccn34)cs2)C1. The van der Waals surface area contributed by atoms with Crippen LogP contribution < -0.4 is 5.32 Å². The predicted octanol–water partition coefficient (Wildman–Crippen LogP) is 4.41. The molecular weight excluding hydrogens is 332 g/mol. The summed E-state index contributed by atoms with van der Waals surface area (Å²) in [4.78, 5) is 21.2. The van der Waals surface area contributed by atoms with Gasteiger partial charge in [0.2, 0.25) is 0 Å². The molecule has 4 rings (SSSR count). The van der Waals surface area contributed by atoms with Crippen LogP contribution in [0.3, 0.4) is 0 Å². The first-order chi connectivity index (χ1) is 12.2. The van der Waals surface area contributed by atoms with Gasteiger partial charge in [0.15, 0.2) is 5.13 Å². The Kier molecular flexibility index (Phi) is 4.53. The van der Waals surface area contributed by atoms with Crippen LogP contribution in [-0.2, 0) is 4.79 Å². The number of carbonyl (C=O) groups excluding carboxylic acids is 1. The lowest BCUT2D eigenvalue weighted by Gasteiger charge is -2.28. The normalized spacial score (nSPS) is 20.7. The number of fused-ring (bicyclic) bond motifs is 1. The number of rotatable bonds is 5. The van der Waals surface area contributed by atoms with Crippen molar-refractivity contribution in [1.29, 1.82) is 0 Å². The number of carbonyl (C=O) groups is 1. The van der Waals surface area contributed by atoms with Crippen LogP contribution in [0, 0.1) is 5.92 Å². The molecule has 0 saturated heterocycles. The summed E-state index contributed by atoms with van der Waals surface area (Å²) in [5, 5.41) is 6.54. The van der Waals surface area contributed by atoms with E-state index in [2.05, 4.69) is 20.1 Å². The van der Waals surface area contributed by atoms with Crippen LogP contribution in [0.25, 0.3) is 17.0 Å². The Morgan fingerprint density at radius 1 is 1.40 bits per heavy atom. The van der Waals surface area contributed by atoms with E-state index >= 15 is 0 Å². The molecule has 0 bridgehead atoms. The minimum Gasteiger partial charge on any atom is -0.359 e. The van der Waals surface area contributed by atoms with E-state index in [1.165, 1.54) is 0 Å². The third kappa shape index (κ3) is 3.31. The van der Waals surface area contributed by atoms with Crippen molar-refractivity contribution in [3.63, 3.8) is 0 Å². The molecule has 6 heteroatoms. The van der Waals surface area contributed by atoms with Crippen LogP contribution in [-0.4, -0.2) is 26.2 Å². The highest BCUT2D eigenvalue weighted by atomic mass is 32.1. The zero-order chi connectivity index (χ0) is 17.2. The Labute approximate surface area is 151 Å². The van der Waals surface area contributed by atoms with Gasteiger partial charge in [0.1, 0.15) is 17.1 Å². The molecule has 5 nitrogen and oxygen atoms in total. The third-order valence-electron chi connectivity index (χ3n) is 4.99. The fraction of sp³-hybridized carbons (Fsp3) is 0.421. The topological polar surface area (TPSA) is 59.3 Å². The minimum atomic E-state index is 0.217. The van der Waals surface area contributed by atoms with Crippen molar-refractivity contribution in [1.82, 2.24) is 14.4 Å². The van der Waals surface area contributed by atoms with Crippen molar-refractivity contribution in [2.45, 2.75) is 45.1 Å². The lowest BCUT2D eigenvalue weighted by Crippen LogP contribution is -2.30. The van der Waals surface area contributed by atoms with Crippen LogP contribution in [0.15, 0.2) is 36.0 Å². The van der Waals surface area contributed by atoms with Gasteiger partial charge in [-0.2, -0.15) is 0 Å². The smallest absolute Gasteiger partial charge is 0.183 e. The second-order valence-corrected chi connectivity index (χ2v) is 7.49. The van der Waals surface area contributed by atoms with E-state index in [9.17, 15) is 4.79 Å². The summed E-state index contributed by atoms with van der Waals surface area (Å²) in [6, 6.07) is 6.31. The average Bonchev–Trinajstić information content (AvgIpc) is 3.28. The molecule has 0 spiro atoms. The Hall–Kier alpha value is -2.21. The van der Waals surface area contributed by atoms with Gasteiger partial charge in [-0.3, -0.25) is 9.20 Å². The summed E-state index contributed by atoms with van der Waals surface area (Å²) in [5.74, 6) is 0.617. The van der Waals surface area contributed by atoms with Gasteiger partial charge in [-0.15, -0.1) is 11.3 Å². The molecule has 1 aliphatic rings.